The van der Waals surface area contributed by atoms with Gasteiger partial charge in [0, 0.05) is 6.54 Å². The van der Waals surface area contributed by atoms with Gasteiger partial charge >= 0.3 is 0 Å². The number of hydrogen-bond acceptors (Lipinski definition) is 5. The van der Waals surface area contributed by atoms with Gasteiger partial charge < -0.3 is 25.2 Å². The number of benzene rings is 3. The van der Waals surface area contributed by atoms with Crippen molar-refractivity contribution in [1.82, 2.24) is 10.6 Å². The molecule has 1 aliphatic rings. The Hall–Kier alpha value is -3.51. The van der Waals surface area contributed by atoms with Crippen molar-refractivity contribution in [2.75, 3.05) is 27.3 Å². The number of carbonyl (C=O) groups is 1. The first-order valence-electron chi connectivity index (χ1n) is 11.2. The smallest absolute Gasteiger partial charge is 0.255 e. The van der Waals surface area contributed by atoms with Gasteiger partial charge in [-0.1, -0.05) is 42.5 Å². The van der Waals surface area contributed by atoms with Crippen LogP contribution >= 0.6 is 0 Å². The van der Waals surface area contributed by atoms with Gasteiger partial charge in [0.1, 0.15) is 5.75 Å². The minimum atomic E-state index is -0.187. The second kappa shape index (κ2) is 10.4. The van der Waals surface area contributed by atoms with E-state index in [-0.39, 0.29) is 24.1 Å². The van der Waals surface area contributed by atoms with Gasteiger partial charge in [0.05, 0.1) is 19.8 Å². The quantitative estimate of drug-likeness (QED) is 0.499. The molecule has 0 aliphatic carbocycles. The number of phenolic OH excluding ortho intramolecular Hbond substituents is 1. The fraction of sp³-hybridized carbons (Fsp3) is 0.296. The molecule has 0 aromatic heterocycles. The highest BCUT2D eigenvalue weighted by Crippen LogP contribution is 2.40. The standard InChI is InChI=1S/C27H30N2O4/c1-32-23-10-8-18(16-22(23)30)17-29-27(31)26-24(33-2)11-9-21(19-6-4-3-5-7-19)25(26)20-12-14-28-15-13-20/h3-11,16,20,28,30H,12-15,17H2,1-2H3,(H,29,31). The molecule has 0 radical (unpaired) electrons. The third kappa shape index (κ3) is 4.96. The summed E-state index contributed by atoms with van der Waals surface area (Å²) in [4.78, 5) is 13.6. The molecule has 3 aromatic carbocycles. The number of rotatable bonds is 7. The van der Waals surface area contributed by atoms with Crippen LogP contribution in [0.2, 0.25) is 0 Å². The maximum absolute atomic E-state index is 13.6. The highest BCUT2D eigenvalue weighted by Gasteiger charge is 2.28. The molecule has 1 heterocycles. The molecule has 3 aromatic rings. The summed E-state index contributed by atoms with van der Waals surface area (Å²) in [5.41, 5.74) is 4.56. The fourth-order valence-electron chi connectivity index (χ4n) is 4.52. The Bertz CT molecular complexity index is 1110. The summed E-state index contributed by atoms with van der Waals surface area (Å²) < 4.78 is 10.8. The van der Waals surface area contributed by atoms with E-state index in [1.165, 1.54) is 7.11 Å². The van der Waals surface area contributed by atoms with E-state index in [2.05, 4.69) is 28.8 Å². The van der Waals surface area contributed by atoms with Crippen molar-refractivity contribution in [3.05, 3.63) is 77.4 Å². The van der Waals surface area contributed by atoms with E-state index in [4.69, 9.17) is 9.47 Å². The molecule has 1 aliphatic heterocycles. The van der Waals surface area contributed by atoms with Crippen LogP contribution in [0.1, 0.15) is 40.2 Å². The lowest BCUT2D eigenvalue weighted by molar-refractivity contribution is 0.0946. The van der Waals surface area contributed by atoms with Gasteiger partial charge in [0.2, 0.25) is 0 Å². The van der Waals surface area contributed by atoms with Crippen molar-refractivity contribution in [2.24, 2.45) is 0 Å². The van der Waals surface area contributed by atoms with Gasteiger partial charge in [0.25, 0.3) is 5.91 Å². The van der Waals surface area contributed by atoms with Crippen molar-refractivity contribution in [3.63, 3.8) is 0 Å². The van der Waals surface area contributed by atoms with Crippen LogP contribution in [-0.4, -0.2) is 38.3 Å². The average molecular weight is 447 g/mol. The van der Waals surface area contributed by atoms with Gasteiger partial charge in [-0.3, -0.25) is 4.79 Å². The van der Waals surface area contributed by atoms with Crippen LogP contribution < -0.4 is 20.1 Å². The van der Waals surface area contributed by atoms with Gasteiger partial charge in [-0.25, -0.2) is 0 Å². The number of methoxy groups -OCH3 is 2. The zero-order chi connectivity index (χ0) is 23.2. The largest absolute Gasteiger partial charge is 0.504 e. The summed E-state index contributed by atoms with van der Waals surface area (Å²) in [6, 6.07) is 19.2. The van der Waals surface area contributed by atoms with E-state index in [1.807, 2.05) is 30.3 Å². The highest BCUT2D eigenvalue weighted by atomic mass is 16.5. The lowest BCUT2D eigenvalue weighted by Gasteiger charge is -2.28. The molecule has 0 spiro atoms. The predicted molar refractivity (Wildman–Crippen MR) is 129 cm³/mol. The number of carbonyl (C=O) groups excluding carboxylic acids is 1. The molecule has 3 N–H and O–H groups in total. The van der Waals surface area contributed by atoms with E-state index < -0.39 is 0 Å². The molecule has 0 atom stereocenters. The molecule has 1 fully saturated rings. The minimum absolute atomic E-state index is 0.0447. The summed E-state index contributed by atoms with van der Waals surface area (Å²) in [5.74, 6) is 1.08. The summed E-state index contributed by atoms with van der Waals surface area (Å²) in [6.45, 7) is 2.12. The summed E-state index contributed by atoms with van der Waals surface area (Å²) >= 11 is 0. The molecule has 1 saturated heterocycles. The first kappa shape index (κ1) is 22.7. The van der Waals surface area contributed by atoms with Gasteiger partial charge in [-0.15, -0.1) is 0 Å². The number of aromatic hydroxyl groups is 1. The molecular weight excluding hydrogens is 416 g/mol. The van der Waals surface area contributed by atoms with Crippen LogP contribution in [-0.2, 0) is 6.54 Å². The Labute approximate surface area is 194 Å². The molecule has 6 nitrogen and oxygen atoms in total. The number of amides is 1. The highest BCUT2D eigenvalue weighted by molar-refractivity contribution is 6.00. The monoisotopic (exact) mass is 446 g/mol. The molecule has 4 rings (SSSR count). The van der Waals surface area contributed by atoms with E-state index in [0.717, 1.165) is 48.2 Å². The summed E-state index contributed by atoms with van der Waals surface area (Å²) in [7, 11) is 3.10. The third-order valence-corrected chi connectivity index (χ3v) is 6.18. The second-order valence-corrected chi connectivity index (χ2v) is 8.18. The predicted octanol–water partition coefficient (Wildman–Crippen LogP) is 4.47. The van der Waals surface area contributed by atoms with Gasteiger partial charge in [0.15, 0.2) is 11.5 Å². The maximum atomic E-state index is 13.6. The topological polar surface area (TPSA) is 79.8 Å². The van der Waals surface area contributed by atoms with Crippen molar-refractivity contribution >= 4 is 5.91 Å². The van der Waals surface area contributed by atoms with Gasteiger partial charge in [-0.05, 0) is 72.3 Å². The Kier molecular flexibility index (Phi) is 7.15. The van der Waals surface area contributed by atoms with E-state index in [1.54, 1.807) is 19.2 Å². The molecule has 0 bridgehead atoms. The second-order valence-electron chi connectivity index (χ2n) is 8.18. The molecule has 1 amide bonds. The Morgan fingerprint density at radius 2 is 1.70 bits per heavy atom. The van der Waals surface area contributed by atoms with E-state index >= 15 is 0 Å². The van der Waals surface area contributed by atoms with Crippen LogP contribution in [0.15, 0.2) is 60.7 Å². The first-order valence-corrected chi connectivity index (χ1v) is 11.2. The van der Waals surface area contributed by atoms with Crippen LogP contribution in [0.4, 0.5) is 0 Å². The van der Waals surface area contributed by atoms with Gasteiger partial charge in [-0.2, -0.15) is 0 Å². The number of phenols is 1. The first-order chi connectivity index (χ1) is 16.1. The third-order valence-electron chi connectivity index (χ3n) is 6.18. The molecule has 172 valence electrons. The zero-order valence-corrected chi connectivity index (χ0v) is 19.1. The van der Waals surface area contributed by atoms with E-state index in [0.29, 0.717) is 17.1 Å². The van der Waals surface area contributed by atoms with Crippen molar-refractivity contribution in [1.29, 1.82) is 0 Å². The van der Waals surface area contributed by atoms with Crippen molar-refractivity contribution in [3.8, 4) is 28.4 Å². The number of ether oxygens (including phenoxy) is 2. The Morgan fingerprint density at radius 3 is 2.36 bits per heavy atom. The summed E-state index contributed by atoms with van der Waals surface area (Å²) in [6.07, 6.45) is 1.92. The number of nitrogens with one attached hydrogen (secondary N) is 2. The Morgan fingerprint density at radius 1 is 1.00 bits per heavy atom. The van der Waals surface area contributed by atoms with Crippen molar-refractivity contribution in [2.45, 2.75) is 25.3 Å². The van der Waals surface area contributed by atoms with Crippen LogP contribution in [0.5, 0.6) is 17.2 Å². The van der Waals surface area contributed by atoms with E-state index in [9.17, 15) is 9.90 Å². The maximum Gasteiger partial charge on any atom is 0.255 e. The average Bonchev–Trinajstić information content (AvgIpc) is 2.87. The zero-order valence-electron chi connectivity index (χ0n) is 19.1. The molecule has 6 heteroatoms. The molecule has 0 saturated carbocycles. The number of hydrogen-bond donors (Lipinski definition) is 3. The lowest BCUT2D eigenvalue weighted by atomic mass is 9.81. The molecule has 33 heavy (non-hydrogen) atoms. The van der Waals surface area contributed by atoms with Crippen molar-refractivity contribution < 1.29 is 19.4 Å². The van der Waals surface area contributed by atoms with Crippen LogP contribution in [0.25, 0.3) is 11.1 Å². The van der Waals surface area contributed by atoms with Crippen LogP contribution in [0, 0.1) is 0 Å². The number of piperidine rings is 1. The van der Waals surface area contributed by atoms with Crippen LogP contribution in [0.3, 0.4) is 0 Å². The minimum Gasteiger partial charge on any atom is -0.504 e. The molecule has 0 unspecified atom stereocenters. The summed E-state index contributed by atoms with van der Waals surface area (Å²) in [5, 5.41) is 16.5. The normalized spacial score (nSPS) is 14.0. The molecular formula is C27H30N2O4. The Balaban J connectivity index is 1.72. The fourth-order valence-corrected chi connectivity index (χ4v) is 4.52. The SMILES string of the molecule is COc1ccc(CNC(=O)c2c(OC)ccc(-c3ccccc3)c2C2CCNCC2)cc1O. The lowest BCUT2D eigenvalue weighted by Crippen LogP contribution is -2.30.